The lowest BCUT2D eigenvalue weighted by Gasteiger charge is -2.15. The summed E-state index contributed by atoms with van der Waals surface area (Å²) in [5.74, 6) is -1.14. The van der Waals surface area contributed by atoms with Crippen LogP contribution >= 0.6 is 0 Å². The molecule has 1 heterocycles. The number of aromatic carboxylic acids is 1. The average molecular weight is 277 g/mol. The average Bonchev–Trinajstić information content (AvgIpc) is 2.27. The van der Waals surface area contributed by atoms with E-state index in [0.717, 1.165) is 12.3 Å². The second kappa shape index (κ2) is 4.64. The number of nitrogens with zero attached hydrogens (tertiary/aromatic N) is 1. The van der Waals surface area contributed by atoms with Crippen LogP contribution in [0.5, 0.6) is 0 Å². The molecule has 0 saturated carbocycles. The van der Waals surface area contributed by atoms with Crippen LogP contribution in [0.1, 0.15) is 29.9 Å². The minimum atomic E-state index is -3.18. The van der Waals surface area contributed by atoms with Crippen molar-refractivity contribution in [3.63, 3.8) is 0 Å². The molecule has 0 aliphatic carbocycles. The summed E-state index contributed by atoms with van der Waals surface area (Å²) < 4.78 is 38.4. The van der Waals surface area contributed by atoms with Gasteiger partial charge in [-0.2, -0.15) is 0 Å². The van der Waals surface area contributed by atoms with Crippen molar-refractivity contribution in [1.29, 1.82) is 0 Å². The maximum atomic E-state index is 13.2. The van der Waals surface area contributed by atoms with Gasteiger partial charge in [0.05, 0.1) is 4.90 Å². The van der Waals surface area contributed by atoms with Crippen molar-refractivity contribution in [2.24, 2.45) is 0 Å². The number of alkyl halides is 2. The zero-order chi connectivity index (χ0) is 14.1. The van der Waals surface area contributed by atoms with Crippen molar-refractivity contribution >= 4 is 21.4 Å². The summed E-state index contributed by atoms with van der Waals surface area (Å²) in [6, 6.07) is 0.912. The Bertz CT molecular complexity index is 576. The zero-order valence-electron chi connectivity index (χ0n) is 9.94. The third-order valence-corrected chi connectivity index (χ3v) is 4.47. The predicted molar refractivity (Wildman–Crippen MR) is 64.8 cm³/mol. The fraction of sp³-hybridized carbons (Fsp3) is 0.364. The lowest BCUT2D eigenvalue weighted by Crippen LogP contribution is -2.16. The molecule has 0 aliphatic rings. The summed E-state index contributed by atoms with van der Waals surface area (Å²) in [5.41, 5.74) is -0.975. The predicted octanol–water partition coefficient (Wildman–Crippen LogP) is 1.99. The normalized spacial score (nSPS) is 15.1. The summed E-state index contributed by atoms with van der Waals surface area (Å²) in [6.45, 7) is 2.20. The molecule has 0 radical (unpaired) electrons. The molecule has 0 bridgehead atoms. The van der Waals surface area contributed by atoms with Crippen LogP contribution in [0.15, 0.2) is 17.2 Å². The molecule has 18 heavy (non-hydrogen) atoms. The molecule has 1 rings (SSSR count). The number of hydrogen-bond acceptors (Lipinski definition) is 3. The highest BCUT2D eigenvalue weighted by Gasteiger charge is 2.28. The molecule has 100 valence electrons. The van der Waals surface area contributed by atoms with E-state index in [1.807, 2.05) is 0 Å². The summed E-state index contributed by atoms with van der Waals surface area (Å²) in [7, 11) is -2.93. The topological polar surface area (TPSA) is 67.3 Å². The third kappa shape index (κ3) is 2.84. The number of rotatable bonds is 4. The lowest BCUT2D eigenvalue weighted by atomic mass is 10.1. The molecule has 1 aromatic heterocycles. The van der Waals surface area contributed by atoms with Crippen molar-refractivity contribution in [2.75, 3.05) is 5.75 Å². The second-order valence-electron chi connectivity index (χ2n) is 3.86. The van der Waals surface area contributed by atoms with Crippen molar-refractivity contribution in [2.45, 2.75) is 24.7 Å². The number of carboxylic acids is 1. The van der Waals surface area contributed by atoms with Gasteiger partial charge in [0.1, 0.15) is 0 Å². The highest BCUT2D eigenvalue weighted by atomic mass is 32.2. The van der Waals surface area contributed by atoms with E-state index in [4.69, 9.17) is 5.11 Å². The first kappa shape index (κ1) is 14.6. The highest BCUT2D eigenvalue weighted by Crippen LogP contribution is 2.29. The second-order valence-corrected chi connectivity index (χ2v) is 6.51. The Morgan fingerprint density at radius 2 is 2.17 bits per heavy atom. The van der Waals surface area contributed by atoms with Gasteiger partial charge in [0.25, 0.3) is 5.92 Å². The Labute approximate surface area is 104 Å². The van der Waals surface area contributed by atoms with Crippen molar-refractivity contribution in [1.82, 2.24) is 4.98 Å². The van der Waals surface area contributed by atoms with E-state index in [2.05, 4.69) is 10.9 Å². The molecule has 0 amide bonds. The molecule has 0 aromatic carbocycles. The molecule has 1 unspecified atom stereocenters. The van der Waals surface area contributed by atoms with Gasteiger partial charge in [-0.15, -0.1) is 0 Å². The number of carbonyl (C=O) groups is 1. The fourth-order valence-corrected chi connectivity index (χ4v) is 2.43. The molecular formula is C11H13F2NO3S. The van der Waals surface area contributed by atoms with Gasteiger partial charge in [0, 0.05) is 24.4 Å². The molecule has 0 fully saturated rings. The summed E-state index contributed by atoms with van der Waals surface area (Å²) in [5, 5.41) is 8.91. The van der Waals surface area contributed by atoms with Gasteiger partial charge < -0.3 is 5.11 Å². The molecule has 1 atom stereocenters. The number of halogens is 2. The molecule has 0 saturated heterocycles. The van der Waals surface area contributed by atoms with Crippen LogP contribution in [0.3, 0.4) is 0 Å². The van der Waals surface area contributed by atoms with Gasteiger partial charge in [-0.25, -0.2) is 18.6 Å². The Morgan fingerprint density at radius 3 is 2.56 bits per heavy atom. The molecule has 4 nitrogen and oxygen atoms in total. The summed E-state index contributed by atoms with van der Waals surface area (Å²) >= 11 is 0. The zero-order valence-corrected chi connectivity index (χ0v) is 10.8. The van der Waals surface area contributed by atoms with Gasteiger partial charge in [-0.3, -0.25) is 4.21 Å². The Hall–Kier alpha value is -1.50. The van der Waals surface area contributed by atoms with E-state index in [1.165, 1.54) is 6.92 Å². The van der Waals surface area contributed by atoms with E-state index in [0.29, 0.717) is 6.92 Å². The van der Waals surface area contributed by atoms with Crippen LogP contribution in [0.25, 0.3) is 0 Å². The van der Waals surface area contributed by atoms with Gasteiger partial charge >= 0.3 is 5.97 Å². The van der Waals surface area contributed by atoms with Crippen molar-refractivity contribution in [3.05, 3.63) is 23.5 Å². The molecule has 0 aliphatic heterocycles. The quantitative estimate of drug-likeness (QED) is 0.855. The van der Waals surface area contributed by atoms with Gasteiger partial charge in [0.15, 0.2) is 5.69 Å². The standard InChI is InChI=1S/C11H13F2NO3S/c1-4-18(3,17)8-5-7(11(2,12)13)6-14-9(8)10(15)16/h5-6H,3-4H2,1-2H3,(H,15,16). The van der Waals surface area contributed by atoms with Crippen molar-refractivity contribution < 1.29 is 22.9 Å². The SMILES string of the molecule is C=S(=O)(CC)c1cc(C(C)(F)F)cnc1C(=O)O. The largest absolute Gasteiger partial charge is 0.476 e. The smallest absolute Gasteiger partial charge is 0.355 e. The monoisotopic (exact) mass is 277 g/mol. The van der Waals surface area contributed by atoms with Crippen LogP contribution in [-0.2, 0) is 15.4 Å². The molecule has 1 N–H and O–H groups in total. The molecule has 1 aromatic rings. The number of carboxylic acid groups (broad SMARTS) is 1. The minimum Gasteiger partial charge on any atom is -0.476 e. The van der Waals surface area contributed by atoms with Gasteiger partial charge in [0.2, 0.25) is 0 Å². The van der Waals surface area contributed by atoms with Crippen LogP contribution in [0.4, 0.5) is 8.78 Å². The van der Waals surface area contributed by atoms with E-state index < -0.39 is 32.7 Å². The van der Waals surface area contributed by atoms with Crippen LogP contribution in [-0.4, -0.2) is 31.9 Å². The van der Waals surface area contributed by atoms with Crippen molar-refractivity contribution in [3.8, 4) is 0 Å². The molecule has 7 heteroatoms. The fourth-order valence-electron chi connectivity index (χ4n) is 1.28. The summed E-state index contributed by atoms with van der Waals surface area (Å²) in [6.07, 6.45) is 0.776. The van der Waals surface area contributed by atoms with Gasteiger partial charge in [-0.05, 0) is 21.5 Å². The van der Waals surface area contributed by atoms with E-state index >= 15 is 0 Å². The maximum Gasteiger partial charge on any atom is 0.355 e. The highest BCUT2D eigenvalue weighted by molar-refractivity contribution is 8.00. The van der Waals surface area contributed by atoms with E-state index in [-0.39, 0.29) is 10.6 Å². The third-order valence-electron chi connectivity index (χ3n) is 2.43. The van der Waals surface area contributed by atoms with Gasteiger partial charge in [-0.1, -0.05) is 6.92 Å². The molecular weight excluding hydrogens is 264 g/mol. The van der Waals surface area contributed by atoms with E-state index in [9.17, 15) is 17.8 Å². The van der Waals surface area contributed by atoms with E-state index in [1.54, 1.807) is 0 Å². The minimum absolute atomic E-state index is 0.0493. The number of hydrogen-bond donors (Lipinski definition) is 1. The Kier molecular flexibility index (Phi) is 3.75. The Morgan fingerprint density at radius 1 is 1.61 bits per heavy atom. The molecule has 0 spiro atoms. The Balaban J connectivity index is 3.59. The first-order chi connectivity index (χ1) is 8.09. The van der Waals surface area contributed by atoms with Crippen LogP contribution in [0.2, 0.25) is 0 Å². The van der Waals surface area contributed by atoms with Crippen LogP contribution in [0, 0.1) is 0 Å². The van der Waals surface area contributed by atoms with Crippen LogP contribution < -0.4 is 0 Å². The maximum absolute atomic E-state index is 13.2. The summed E-state index contributed by atoms with van der Waals surface area (Å²) in [4.78, 5) is 14.2. The lowest BCUT2D eigenvalue weighted by molar-refractivity contribution is 0.0167. The number of aromatic nitrogens is 1. The number of pyridine rings is 1. The first-order valence-corrected chi connectivity index (χ1v) is 6.96. The first-order valence-electron chi connectivity index (χ1n) is 5.06.